The van der Waals surface area contributed by atoms with Gasteiger partial charge in [-0.2, -0.15) is 0 Å². The molecule has 7 nitrogen and oxygen atoms in total. The van der Waals surface area contributed by atoms with E-state index in [4.69, 9.17) is 22.1 Å². The van der Waals surface area contributed by atoms with Crippen molar-refractivity contribution in [1.82, 2.24) is 14.9 Å². The van der Waals surface area contributed by atoms with E-state index >= 15 is 0 Å². The fourth-order valence-electron chi connectivity index (χ4n) is 4.01. The van der Waals surface area contributed by atoms with Crippen molar-refractivity contribution >= 4 is 23.7 Å². The maximum Gasteiger partial charge on any atom is 0.180 e. The fraction of sp³-hybridized carbons (Fsp3) is 0.292. The van der Waals surface area contributed by atoms with Crippen molar-refractivity contribution in [2.75, 3.05) is 31.1 Å². The highest BCUT2D eigenvalue weighted by molar-refractivity contribution is 6.30. The van der Waals surface area contributed by atoms with Crippen LogP contribution in [0, 0.1) is 0 Å². The van der Waals surface area contributed by atoms with Crippen LogP contribution in [0.3, 0.4) is 0 Å². The predicted octanol–water partition coefficient (Wildman–Crippen LogP) is 3.10. The van der Waals surface area contributed by atoms with Gasteiger partial charge in [0.25, 0.3) is 0 Å². The van der Waals surface area contributed by atoms with Crippen LogP contribution in [-0.4, -0.2) is 53.4 Å². The Kier molecular flexibility index (Phi) is 7.32. The largest absolute Gasteiger partial charge is 0.483 e. The lowest BCUT2D eigenvalue weighted by Gasteiger charge is -2.41. The lowest BCUT2D eigenvalue weighted by atomic mass is 9.98. The van der Waals surface area contributed by atoms with Gasteiger partial charge in [-0.1, -0.05) is 54.1 Å². The number of halogens is 1. The SMILES string of the molecule is N[C@@H](C=O)C(c1ccc(Cl)cc1)N1CCN(c2ncncc2OCc2ccccc2)CC1. The molecule has 0 spiro atoms. The average molecular weight is 452 g/mol. The number of ether oxygens (including phenoxy) is 1. The van der Waals surface area contributed by atoms with Crippen LogP contribution in [-0.2, 0) is 11.4 Å². The van der Waals surface area contributed by atoms with E-state index in [1.807, 2.05) is 54.6 Å². The number of piperazine rings is 1. The number of nitrogens with zero attached hydrogens (tertiary/aromatic N) is 4. The van der Waals surface area contributed by atoms with Gasteiger partial charge in [-0.15, -0.1) is 0 Å². The summed E-state index contributed by atoms with van der Waals surface area (Å²) in [6.07, 6.45) is 4.05. The number of rotatable bonds is 8. The molecule has 0 amide bonds. The average Bonchev–Trinajstić information content (AvgIpc) is 2.85. The van der Waals surface area contributed by atoms with E-state index in [1.54, 1.807) is 6.20 Å². The summed E-state index contributed by atoms with van der Waals surface area (Å²) in [4.78, 5) is 24.6. The molecular weight excluding hydrogens is 426 g/mol. The first-order chi connectivity index (χ1) is 15.7. The summed E-state index contributed by atoms with van der Waals surface area (Å²) in [5, 5.41) is 0.656. The Morgan fingerprint density at radius 2 is 1.78 bits per heavy atom. The molecule has 0 bridgehead atoms. The van der Waals surface area contributed by atoms with E-state index in [1.165, 1.54) is 6.33 Å². The summed E-state index contributed by atoms with van der Waals surface area (Å²) in [7, 11) is 0. The molecule has 1 aromatic heterocycles. The molecule has 3 aromatic rings. The second kappa shape index (κ2) is 10.5. The van der Waals surface area contributed by atoms with Gasteiger partial charge in [0.15, 0.2) is 11.6 Å². The van der Waals surface area contributed by atoms with Crippen molar-refractivity contribution in [3.05, 3.63) is 83.3 Å². The zero-order chi connectivity index (χ0) is 22.3. The van der Waals surface area contributed by atoms with Crippen molar-refractivity contribution in [1.29, 1.82) is 0 Å². The topological polar surface area (TPSA) is 84.6 Å². The smallest absolute Gasteiger partial charge is 0.180 e. The van der Waals surface area contributed by atoms with Crippen molar-refractivity contribution < 1.29 is 9.53 Å². The van der Waals surface area contributed by atoms with Gasteiger partial charge in [0, 0.05) is 31.2 Å². The van der Waals surface area contributed by atoms with E-state index in [9.17, 15) is 4.79 Å². The molecule has 0 saturated carbocycles. The number of nitrogens with two attached hydrogens (primary N) is 1. The van der Waals surface area contributed by atoms with Crippen LogP contribution in [0.15, 0.2) is 67.1 Å². The molecule has 1 aliphatic rings. The van der Waals surface area contributed by atoms with Gasteiger partial charge in [-0.25, -0.2) is 9.97 Å². The second-order valence-electron chi connectivity index (χ2n) is 7.72. The Morgan fingerprint density at radius 1 is 1.06 bits per heavy atom. The molecule has 2 aromatic carbocycles. The first-order valence-corrected chi connectivity index (χ1v) is 11.0. The molecule has 2 heterocycles. The number of carbonyl (C=O) groups excluding carboxylic acids is 1. The zero-order valence-corrected chi connectivity index (χ0v) is 18.4. The lowest BCUT2D eigenvalue weighted by Crippen LogP contribution is -2.52. The molecule has 32 heavy (non-hydrogen) atoms. The Morgan fingerprint density at radius 3 is 2.47 bits per heavy atom. The summed E-state index contributed by atoms with van der Waals surface area (Å²) in [5.74, 6) is 1.43. The van der Waals surface area contributed by atoms with Crippen LogP contribution in [0.4, 0.5) is 5.82 Å². The van der Waals surface area contributed by atoms with E-state index < -0.39 is 6.04 Å². The summed E-state index contributed by atoms with van der Waals surface area (Å²) in [6.45, 7) is 3.38. The normalized spacial score (nSPS) is 16.4. The highest BCUT2D eigenvalue weighted by atomic mass is 35.5. The first-order valence-electron chi connectivity index (χ1n) is 10.6. The minimum atomic E-state index is -0.619. The third-order valence-corrected chi connectivity index (χ3v) is 5.89. The van der Waals surface area contributed by atoms with Gasteiger partial charge in [0.05, 0.1) is 18.3 Å². The van der Waals surface area contributed by atoms with E-state index in [-0.39, 0.29) is 6.04 Å². The minimum Gasteiger partial charge on any atom is -0.483 e. The van der Waals surface area contributed by atoms with Gasteiger partial charge in [0.2, 0.25) is 0 Å². The van der Waals surface area contributed by atoms with Crippen LogP contribution < -0.4 is 15.4 Å². The predicted molar refractivity (Wildman–Crippen MR) is 125 cm³/mol. The van der Waals surface area contributed by atoms with Crippen LogP contribution in [0.25, 0.3) is 0 Å². The zero-order valence-electron chi connectivity index (χ0n) is 17.7. The van der Waals surface area contributed by atoms with Crippen molar-refractivity contribution in [2.45, 2.75) is 18.7 Å². The van der Waals surface area contributed by atoms with Gasteiger partial charge in [0.1, 0.15) is 19.2 Å². The quantitative estimate of drug-likeness (QED) is 0.527. The Labute approximate surface area is 192 Å². The first kappa shape index (κ1) is 22.2. The molecule has 1 aliphatic heterocycles. The molecule has 0 aliphatic carbocycles. The molecule has 166 valence electrons. The minimum absolute atomic E-state index is 0.203. The van der Waals surface area contributed by atoms with Gasteiger partial charge < -0.3 is 20.2 Å². The highest BCUT2D eigenvalue weighted by Gasteiger charge is 2.30. The number of aromatic nitrogens is 2. The van der Waals surface area contributed by atoms with Gasteiger partial charge >= 0.3 is 0 Å². The second-order valence-corrected chi connectivity index (χ2v) is 8.15. The molecule has 2 atom stereocenters. The number of carbonyl (C=O) groups is 1. The molecular formula is C24H26ClN5O2. The number of anilines is 1. The van der Waals surface area contributed by atoms with Gasteiger partial charge in [-0.3, -0.25) is 4.90 Å². The monoisotopic (exact) mass is 451 g/mol. The molecule has 0 radical (unpaired) electrons. The molecule has 1 unspecified atom stereocenters. The van der Waals surface area contributed by atoms with Crippen LogP contribution >= 0.6 is 11.6 Å². The molecule has 1 saturated heterocycles. The molecule has 4 rings (SSSR count). The van der Waals surface area contributed by atoms with Crippen LogP contribution in [0.5, 0.6) is 5.75 Å². The maximum absolute atomic E-state index is 11.5. The lowest BCUT2D eigenvalue weighted by molar-refractivity contribution is -0.110. The highest BCUT2D eigenvalue weighted by Crippen LogP contribution is 2.30. The Bertz CT molecular complexity index is 1010. The molecule has 8 heteroatoms. The Balaban J connectivity index is 1.45. The third-order valence-electron chi connectivity index (χ3n) is 5.64. The van der Waals surface area contributed by atoms with Crippen molar-refractivity contribution in [2.24, 2.45) is 5.73 Å². The summed E-state index contributed by atoms with van der Waals surface area (Å²) >= 11 is 6.04. The number of hydrogen-bond acceptors (Lipinski definition) is 7. The Hall–Kier alpha value is -3.00. The summed E-state index contributed by atoms with van der Waals surface area (Å²) in [5.41, 5.74) is 8.25. The summed E-state index contributed by atoms with van der Waals surface area (Å²) in [6, 6.07) is 16.7. The van der Waals surface area contributed by atoms with Gasteiger partial charge in [-0.05, 0) is 23.3 Å². The number of aldehydes is 1. The van der Waals surface area contributed by atoms with E-state index in [2.05, 4.69) is 19.8 Å². The van der Waals surface area contributed by atoms with Crippen LogP contribution in [0.1, 0.15) is 17.2 Å². The summed E-state index contributed by atoms with van der Waals surface area (Å²) < 4.78 is 6.03. The van der Waals surface area contributed by atoms with E-state index in [0.717, 1.165) is 49.4 Å². The van der Waals surface area contributed by atoms with Crippen molar-refractivity contribution in [3.63, 3.8) is 0 Å². The van der Waals surface area contributed by atoms with Crippen molar-refractivity contribution in [3.8, 4) is 5.75 Å². The van der Waals surface area contributed by atoms with Crippen LogP contribution in [0.2, 0.25) is 5.02 Å². The molecule has 1 fully saturated rings. The molecule has 2 N–H and O–H groups in total. The third kappa shape index (κ3) is 5.24. The fourth-order valence-corrected chi connectivity index (χ4v) is 4.13. The maximum atomic E-state index is 11.5. The van der Waals surface area contributed by atoms with E-state index in [0.29, 0.717) is 17.4 Å². The number of benzene rings is 2. The standard InChI is InChI=1S/C24H26ClN5O2/c25-20-8-6-19(7-9-20)23(21(26)15-31)29-10-12-30(13-11-29)24-22(14-27-17-28-24)32-16-18-4-2-1-3-5-18/h1-9,14-15,17,21,23H,10-13,16,26H2/t21-,23?/m0/s1. The number of hydrogen-bond donors (Lipinski definition) is 1.